The van der Waals surface area contributed by atoms with Crippen LogP contribution in [0.3, 0.4) is 0 Å². The van der Waals surface area contributed by atoms with Gasteiger partial charge in [-0.15, -0.1) is 0 Å². The highest BCUT2D eigenvalue weighted by Crippen LogP contribution is 2.18. The molecular formula is C12H11BrFNO. The second-order valence-electron chi connectivity index (χ2n) is 3.54. The lowest BCUT2D eigenvalue weighted by atomic mass is 10.2. The topological polar surface area (TPSA) is 25.2 Å². The Hall–Kier alpha value is -1.29. The summed E-state index contributed by atoms with van der Waals surface area (Å²) in [7, 11) is 0. The van der Waals surface area contributed by atoms with Crippen molar-refractivity contribution in [1.82, 2.24) is 0 Å². The third-order valence-corrected chi connectivity index (χ3v) is 2.63. The third-order valence-electron chi connectivity index (χ3n) is 2.20. The fourth-order valence-electron chi connectivity index (χ4n) is 1.40. The molecule has 0 aliphatic heterocycles. The van der Waals surface area contributed by atoms with Crippen molar-refractivity contribution in [1.29, 1.82) is 0 Å². The van der Waals surface area contributed by atoms with Gasteiger partial charge in [0.25, 0.3) is 0 Å². The van der Waals surface area contributed by atoms with E-state index in [0.29, 0.717) is 16.9 Å². The molecule has 0 spiro atoms. The number of furan rings is 1. The molecule has 0 radical (unpaired) electrons. The highest BCUT2D eigenvalue weighted by Gasteiger charge is 2.03. The first-order valence-electron chi connectivity index (χ1n) is 4.89. The number of halogens is 2. The maximum absolute atomic E-state index is 13.4. The van der Waals surface area contributed by atoms with Crippen LogP contribution in [0.2, 0.25) is 0 Å². The summed E-state index contributed by atoms with van der Waals surface area (Å²) in [6, 6.07) is 8.61. The zero-order chi connectivity index (χ0) is 11.5. The van der Waals surface area contributed by atoms with Gasteiger partial charge < -0.3 is 9.73 Å². The van der Waals surface area contributed by atoms with Gasteiger partial charge in [-0.25, -0.2) is 4.39 Å². The predicted molar refractivity (Wildman–Crippen MR) is 64.9 cm³/mol. The molecule has 0 unspecified atom stereocenters. The molecule has 0 fully saturated rings. The van der Waals surface area contributed by atoms with Crippen LogP contribution < -0.4 is 5.32 Å². The van der Waals surface area contributed by atoms with E-state index in [1.807, 2.05) is 19.1 Å². The average Bonchev–Trinajstić information content (AvgIpc) is 2.66. The van der Waals surface area contributed by atoms with Crippen molar-refractivity contribution in [2.24, 2.45) is 0 Å². The zero-order valence-electron chi connectivity index (χ0n) is 8.76. The standard InChI is InChI=1S/C12H11BrFNO/c1-8-2-4-10(14)11(6-8)15-7-9-3-5-12(13)16-9/h2-6,15H,7H2,1H3. The van der Waals surface area contributed by atoms with Gasteiger partial charge in [-0.1, -0.05) is 6.07 Å². The Morgan fingerprint density at radius 1 is 1.31 bits per heavy atom. The molecule has 1 heterocycles. The van der Waals surface area contributed by atoms with Crippen molar-refractivity contribution < 1.29 is 8.81 Å². The maximum Gasteiger partial charge on any atom is 0.169 e. The lowest BCUT2D eigenvalue weighted by Crippen LogP contribution is -2.00. The van der Waals surface area contributed by atoms with E-state index in [2.05, 4.69) is 21.2 Å². The predicted octanol–water partition coefficient (Wildman–Crippen LogP) is 4.10. The molecule has 2 aromatic rings. The molecule has 4 heteroatoms. The zero-order valence-corrected chi connectivity index (χ0v) is 10.3. The largest absolute Gasteiger partial charge is 0.452 e. The number of hydrogen-bond donors (Lipinski definition) is 1. The molecule has 84 valence electrons. The summed E-state index contributed by atoms with van der Waals surface area (Å²) in [4.78, 5) is 0. The first-order valence-corrected chi connectivity index (χ1v) is 5.69. The molecule has 0 aliphatic carbocycles. The second-order valence-corrected chi connectivity index (χ2v) is 4.32. The summed E-state index contributed by atoms with van der Waals surface area (Å²) in [6.45, 7) is 2.39. The van der Waals surface area contributed by atoms with E-state index in [9.17, 15) is 4.39 Å². The Kier molecular flexibility index (Phi) is 3.29. The Labute approximate surface area is 102 Å². The van der Waals surface area contributed by atoms with Crippen LogP contribution in [0.5, 0.6) is 0 Å². The quantitative estimate of drug-likeness (QED) is 0.917. The van der Waals surface area contributed by atoms with Crippen LogP contribution in [0.4, 0.5) is 10.1 Å². The molecule has 0 saturated heterocycles. The molecule has 0 bridgehead atoms. The SMILES string of the molecule is Cc1ccc(F)c(NCc2ccc(Br)o2)c1. The van der Waals surface area contributed by atoms with Crippen molar-refractivity contribution in [3.8, 4) is 0 Å². The average molecular weight is 284 g/mol. The van der Waals surface area contributed by atoms with E-state index in [0.717, 1.165) is 11.3 Å². The molecule has 1 N–H and O–H groups in total. The number of anilines is 1. The van der Waals surface area contributed by atoms with E-state index in [4.69, 9.17) is 4.42 Å². The summed E-state index contributed by atoms with van der Waals surface area (Å²) in [5, 5.41) is 2.99. The van der Waals surface area contributed by atoms with Gasteiger partial charge in [-0.05, 0) is 52.7 Å². The van der Waals surface area contributed by atoms with E-state index in [-0.39, 0.29) is 5.82 Å². The van der Waals surface area contributed by atoms with Crippen molar-refractivity contribution >= 4 is 21.6 Å². The monoisotopic (exact) mass is 283 g/mol. The maximum atomic E-state index is 13.4. The van der Waals surface area contributed by atoms with Crippen LogP contribution in [-0.2, 0) is 6.54 Å². The lowest BCUT2D eigenvalue weighted by Gasteiger charge is -2.06. The van der Waals surface area contributed by atoms with Gasteiger partial charge in [0.05, 0.1) is 12.2 Å². The summed E-state index contributed by atoms with van der Waals surface area (Å²) >= 11 is 3.22. The lowest BCUT2D eigenvalue weighted by molar-refractivity contribution is 0.495. The molecule has 2 rings (SSSR count). The van der Waals surface area contributed by atoms with E-state index in [1.165, 1.54) is 6.07 Å². The van der Waals surface area contributed by atoms with Gasteiger partial charge in [-0.3, -0.25) is 0 Å². The smallest absolute Gasteiger partial charge is 0.169 e. The highest BCUT2D eigenvalue weighted by molar-refractivity contribution is 9.10. The molecule has 2 nitrogen and oxygen atoms in total. The Morgan fingerprint density at radius 3 is 2.81 bits per heavy atom. The van der Waals surface area contributed by atoms with Gasteiger partial charge in [0.2, 0.25) is 0 Å². The van der Waals surface area contributed by atoms with E-state index in [1.54, 1.807) is 12.1 Å². The van der Waals surface area contributed by atoms with Crippen LogP contribution in [0.1, 0.15) is 11.3 Å². The second kappa shape index (κ2) is 4.70. The van der Waals surface area contributed by atoms with Crippen molar-refractivity contribution in [3.05, 3.63) is 52.1 Å². The van der Waals surface area contributed by atoms with Crippen LogP contribution in [0, 0.1) is 12.7 Å². The minimum atomic E-state index is -0.253. The molecule has 0 aliphatic rings. The van der Waals surface area contributed by atoms with Crippen molar-refractivity contribution in [2.45, 2.75) is 13.5 Å². The number of rotatable bonds is 3. The summed E-state index contributed by atoms with van der Waals surface area (Å²) in [5.41, 5.74) is 1.51. The molecule has 16 heavy (non-hydrogen) atoms. The molecule has 1 aromatic carbocycles. The highest BCUT2D eigenvalue weighted by atomic mass is 79.9. The van der Waals surface area contributed by atoms with Gasteiger partial charge in [0.1, 0.15) is 11.6 Å². The minimum absolute atomic E-state index is 0.253. The molecule has 1 aromatic heterocycles. The van der Waals surface area contributed by atoms with Gasteiger partial charge in [0, 0.05) is 0 Å². The van der Waals surface area contributed by atoms with Crippen LogP contribution >= 0.6 is 15.9 Å². The van der Waals surface area contributed by atoms with Gasteiger partial charge in [-0.2, -0.15) is 0 Å². The first-order chi connectivity index (χ1) is 7.65. The van der Waals surface area contributed by atoms with E-state index >= 15 is 0 Å². The van der Waals surface area contributed by atoms with Crippen molar-refractivity contribution in [2.75, 3.05) is 5.32 Å². The summed E-state index contributed by atoms with van der Waals surface area (Å²) in [6.07, 6.45) is 0. The Balaban J connectivity index is 2.07. The van der Waals surface area contributed by atoms with E-state index < -0.39 is 0 Å². The number of aryl methyl sites for hydroxylation is 1. The van der Waals surface area contributed by atoms with Crippen LogP contribution in [0.25, 0.3) is 0 Å². The van der Waals surface area contributed by atoms with Crippen molar-refractivity contribution in [3.63, 3.8) is 0 Å². The van der Waals surface area contributed by atoms with Crippen LogP contribution in [0.15, 0.2) is 39.4 Å². The molecular weight excluding hydrogens is 273 g/mol. The third kappa shape index (κ3) is 2.64. The van der Waals surface area contributed by atoms with Gasteiger partial charge >= 0.3 is 0 Å². The minimum Gasteiger partial charge on any atom is -0.452 e. The number of benzene rings is 1. The Bertz CT molecular complexity index is 496. The van der Waals surface area contributed by atoms with Gasteiger partial charge in [0.15, 0.2) is 4.67 Å². The fraction of sp³-hybridized carbons (Fsp3) is 0.167. The molecule has 0 amide bonds. The molecule has 0 atom stereocenters. The first kappa shape index (κ1) is 11.2. The van der Waals surface area contributed by atoms with Crippen LogP contribution in [-0.4, -0.2) is 0 Å². The fourth-order valence-corrected chi connectivity index (χ4v) is 1.74. The normalized spacial score (nSPS) is 10.4. The molecule has 0 saturated carbocycles. The number of hydrogen-bond acceptors (Lipinski definition) is 2. The Morgan fingerprint density at radius 2 is 2.12 bits per heavy atom. The summed E-state index contributed by atoms with van der Waals surface area (Å²) in [5.74, 6) is 0.504. The number of nitrogens with one attached hydrogen (secondary N) is 1. The summed E-state index contributed by atoms with van der Waals surface area (Å²) < 4.78 is 19.4.